The van der Waals surface area contributed by atoms with Crippen molar-refractivity contribution in [1.29, 1.82) is 0 Å². The molecule has 0 aliphatic carbocycles. The van der Waals surface area contributed by atoms with Crippen LogP contribution in [0.3, 0.4) is 0 Å². The predicted octanol–water partition coefficient (Wildman–Crippen LogP) is 2.09. The molecule has 8 heteroatoms. The van der Waals surface area contributed by atoms with Crippen molar-refractivity contribution in [3.05, 3.63) is 54.1 Å². The van der Waals surface area contributed by atoms with E-state index in [4.69, 9.17) is 9.47 Å². The lowest BCUT2D eigenvalue weighted by Crippen LogP contribution is -2.39. The molecule has 164 valence electrons. The zero-order chi connectivity index (χ0) is 22.2. The number of hydrogen-bond donors (Lipinski definition) is 1. The van der Waals surface area contributed by atoms with E-state index in [2.05, 4.69) is 5.32 Å². The van der Waals surface area contributed by atoms with Crippen molar-refractivity contribution >= 4 is 23.4 Å². The molecule has 1 saturated heterocycles. The SMILES string of the molecule is COc1ccc(OCCN(C)C(=O)CNC(=O)c2ccc(N3CCCC3=O)cc2)cc1. The maximum absolute atomic E-state index is 12.3. The predicted molar refractivity (Wildman–Crippen MR) is 116 cm³/mol. The summed E-state index contributed by atoms with van der Waals surface area (Å²) in [5, 5.41) is 2.63. The van der Waals surface area contributed by atoms with Crippen LogP contribution in [0.4, 0.5) is 5.69 Å². The topological polar surface area (TPSA) is 88.2 Å². The van der Waals surface area contributed by atoms with Crippen molar-refractivity contribution < 1.29 is 23.9 Å². The summed E-state index contributed by atoms with van der Waals surface area (Å²) in [6, 6.07) is 14.0. The molecular weight excluding hydrogens is 398 g/mol. The van der Waals surface area contributed by atoms with Crippen molar-refractivity contribution in [3.8, 4) is 11.5 Å². The number of methoxy groups -OCH3 is 1. The van der Waals surface area contributed by atoms with E-state index in [1.54, 1.807) is 67.6 Å². The Morgan fingerprint density at radius 3 is 2.35 bits per heavy atom. The first-order chi connectivity index (χ1) is 15.0. The van der Waals surface area contributed by atoms with Crippen LogP contribution < -0.4 is 19.7 Å². The summed E-state index contributed by atoms with van der Waals surface area (Å²) in [7, 11) is 3.26. The molecule has 0 radical (unpaired) electrons. The lowest BCUT2D eigenvalue weighted by molar-refractivity contribution is -0.129. The van der Waals surface area contributed by atoms with Crippen LogP contribution in [0.25, 0.3) is 0 Å². The molecule has 0 aromatic heterocycles. The number of anilines is 1. The van der Waals surface area contributed by atoms with E-state index in [1.807, 2.05) is 0 Å². The molecule has 3 amide bonds. The van der Waals surface area contributed by atoms with Crippen molar-refractivity contribution in [2.45, 2.75) is 12.8 Å². The molecule has 0 bridgehead atoms. The highest BCUT2D eigenvalue weighted by molar-refractivity contribution is 5.98. The molecule has 31 heavy (non-hydrogen) atoms. The van der Waals surface area contributed by atoms with Crippen LogP contribution in [-0.4, -0.2) is 63.0 Å². The summed E-state index contributed by atoms with van der Waals surface area (Å²) in [5.74, 6) is 0.979. The first kappa shape index (κ1) is 22.1. The van der Waals surface area contributed by atoms with Crippen molar-refractivity contribution in [2.75, 3.05) is 45.3 Å². The normalized spacial score (nSPS) is 13.1. The second-order valence-corrected chi connectivity index (χ2v) is 7.22. The maximum atomic E-state index is 12.3. The number of nitrogens with one attached hydrogen (secondary N) is 1. The van der Waals surface area contributed by atoms with Crippen LogP contribution in [0, 0.1) is 0 Å². The van der Waals surface area contributed by atoms with Gasteiger partial charge in [-0.25, -0.2) is 0 Å². The Morgan fingerprint density at radius 2 is 1.74 bits per heavy atom. The van der Waals surface area contributed by atoms with Gasteiger partial charge in [-0.1, -0.05) is 0 Å². The van der Waals surface area contributed by atoms with Crippen molar-refractivity contribution in [2.24, 2.45) is 0 Å². The Bertz CT molecular complexity index is 912. The third kappa shape index (κ3) is 5.97. The van der Waals surface area contributed by atoms with E-state index in [0.717, 1.165) is 17.9 Å². The maximum Gasteiger partial charge on any atom is 0.251 e. The summed E-state index contributed by atoms with van der Waals surface area (Å²) >= 11 is 0. The van der Waals surface area contributed by atoms with Gasteiger partial charge < -0.3 is 24.6 Å². The number of rotatable bonds is 9. The van der Waals surface area contributed by atoms with Gasteiger partial charge in [-0.05, 0) is 55.0 Å². The standard InChI is InChI=1S/C23H27N3O5/c1-25(14-15-31-20-11-9-19(30-2)10-12-20)22(28)16-24-23(29)17-5-7-18(8-6-17)26-13-3-4-21(26)27/h5-12H,3-4,13-16H2,1-2H3,(H,24,29). The lowest BCUT2D eigenvalue weighted by Gasteiger charge is -2.18. The average Bonchev–Trinajstić information content (AvgIpc) is 3.23. The van der Waals surface area contributed by atoms with Crippen LogP contribution in [0.1, 0.15) is 23.2 Å². The fraction of sp³-hybridized carbons (Fsp3) is 0.348. The molecule has 0 atom stereocenters. The average molecular weight is 425 g/mol. The van der Waals surface area contributed by atoms with Crippen LogP contribution in [0.2, 0.25) is 0 Å². The van der Waals surface area contributed by atoms with Gasteiger partial charge in [0.05, 0.1) is 20.2 Å². The quantitative estimate of drug-likeness (QED) is 0.665. The van der Waals surface area contributed by atoms with E-state index in [9.17, 15) is 14.4 Å². The molecule has 1 heterocycles. The molecular formula is C23H27N3O5. The van der Waals surface area contributed by atoms with E-state index in [0.29, 0.717) is 37.4 Å². The lowest BCUT2D eigenvalue weighted by atomic mass is 10.2. The molecule has 2 aromatic rings. The van der Waals surface area contributed by atoms with E-state index >= 15 is 0 Å². The van der Waals surface area contributed by atoms with Gasteiger partial charge >= 0.3 is 0 Å². The van der Waals surface area contributed by atoms with E-state index in [-0.39, 0.29) is 24.3 Å². The molecule has 1 N–H and O–H groups in total. The second-order valence-electron chi connectivity index (χ2n) is 7.22. The minimum Gasteiger partial charge on any atom is -0.497 e. The Labute approximate surface area is 181 Å². The van der Waals surface area contributed by atoms with Gasteiger partial charge in [-0.2, -0.15) is 0 Å². The molecule has 0 spiro atoms. The van der Waals surface area contributed by atoms with Gasteiger partial charge in [-0.15, -0.1) is 0 Å². The number of likely N-dealkylation sites (N-methyl/N-ethyl adjacent to an activating group) is 1. The van der Waals surface area contributed by atoms with Crippen LogP contribution in [0.5, 0.6) is 11.5 Å². The van der Waals surface area contributed by atoms with Gasteiger partial charge in [0.1, 0.15) is 18.1 Å². The third-order valence-corrected chi connectivity index (χ3v) is 5.10. The highest BCUT2D eigenvalue weighted by Crippen LogP contribution is 2.21. The summed E-state index contributed by atoms with van der Waals surface area (Å²) in [5.41, 5.74) is 1.22. The number of carbonyl (C=O) groups is 3. The summed E-state index contributed by atoms with van der Waals surface area (Å²) in [6.07, 6.45) is 1.41. The summed E-state index contributed by atoms with van der Waals surface area (Å²) < 4.78 is 10.7. The largest absolute Gasteiger partial charge is 0.497 e. The molecule has 0 saturated carbocycles. The summed E-state index contributed by atoms with van der Waals surface area (Å²) in [4.78, 5) is 39.6. The monoisotopic (exact) mass is 425 g/mol. The van der Waals surface area contributed by atoms with E-state index in [1.165, 1.54) is 4.90 Å². The Kier molecular flexibility index (Phi) is 7.48. The Morgan fingerprint density at radius 1 is 1.06 bits per heavy atom. The number of benzene rings is 2. The van der Waals surface area contributed by atoms with Gasteiger partial charge in [0, 0.05) is 31.3 Å². The van der Waals surface area contributed by atoms with Crippen LogP contribution in [-0.2, 0) is 9.59 Å². The summed E-state index contributed by atoms with van der Waals surface area (Å²) in [6.45, 7) is 1.32. The van der Waals surface area contributed by atoms with Gasteiger partial charge in [0.2, 0.25) is 11.8 Å². The van der Waals surface area contributed by atoms with Gasteiger partial charge in [0.15, 0.2) is 0 Å². The number of nitrogens with zero attached hydrogens (tertiary/aromatic N) is 2. The van der Waals surface area contributed by atoms with Crippen LogP contribution in [0.15, 0.2) is 48.5 Å². The zero-order valence-electron chi connectivity index (χ0n) is 17.8. The molecule has 8 nitrogen and oxygen atoms in total. The molecule has 3 rings (SSSR count). The molecule has 0 unspecified atom stereocenters. The van der Waals surface area contributed by atoms with Gasteiger partial charge in [0.25, 0.3) is 5.91 Å². The third-order valence-electron chi connectivity index (χ3n) is 5.10. The minimum absolute atomic E-state index is 0.0989. The first-order valence-corrected chi connectivity index (χ1v) is 10.2. The Balaban J connectivity index is 1.40. The fourth-order valence-corrected chi connectivity index (χ4v) is 3.20. The number of hydrogen-bond acceptors (Lipinski definition) is 5. The first-order valence-electron chi connectivity index (χ1n) is 10.2. The smallest absolute Gasteiger partial charge is 0.251 e. The zero-order valence-corrected chi connectivity index (χ0v) is 17.8. The van der Waals surface area contributed by atoms with Crippen LogP contribution >= 0.6 is 0 Å². The van der Waals surface area contributed by atoms with E-state index < -0.39 is 0 Å². The molecule has 2 aromatic carbocycles. The fourth-order valence-electron chi connectivity index (χ4n) is 3.20. The Hall–Kier alpha value is -3.55. The van der Waals surface area contributed by atoms with Gasteiger partial charge in [-0.3, -0.25) is 14.4 Å². The highest BCUT2D eigenvalue weighted by Gasteiger charge is 2.21. The number of carbonyl (C=O) groups excluding carboxylic acids is 3. The molecule has 1 fully saturated rings. The number of amides is 3. The number of ether oxygens (including phenoxy) is 2. The highest BCUT2D eigenvalue weighted by atomic mass is 16.5. The molecule has 1 aliphatic heterocycles. The second kappa shape index (κ2) is 10.5. The van der Waals surface area contributed by atoms with Crippen molar-refractivity contribution in [1.82, 2.24) is 10.2 Å². The molecule has 1 aliphatic rings. The van der Waals surface area contributed by atoms with Crippen molar-refractivity contribution in [3.63, 3.8) is 0 Å². The minimum atomic E-state index is -0.337.